The molecule has 152 valence electrons. The second-order valence-electron chi connectivity index (χ2n) is 8.07. The fourth-order valence-electron chi connectivity index (χ4n) is 4.44. The number of fused-ring (bicyclic) bond motifs is 3. The van der Waals surface area contributed by atoms with Crippen molar-refractivity contribution in [3.63, 3.8) is 0 Å². The van der Waals surface area contributed by atoms with Gasteiger partial charge in [-0.25, -0.2) is 4.68 Å². The summed E-state index contributed by atoms with van der Waals surface area (Å²) < 4.78 is 3.07. The van der Waals surface area contributed by atoms with Crippen LogP contribution in [0, 0.1) is 5.92 Å². The molecule has 0 N–H and O–H groups in total. The van der Waals surface area contributed by atoms with E-state index >= 15 is 0 Å². The summed E-state index contributed by atoms with van der Waals surface area (Å²) in [5, 5.41) is 5.24. The van der Waals surface area contributed by atoms with Crippen molar-refractivity contribution in [3.8, 4) is 0 Å². The van der Waals surface area contributed by atoms with Crippen LogP contribution in [0.3, 0.4) is 0 Å². The van der Waals surface area contributed by atoms with E-state index in [1.54, 1.807) is 10.7 Å². The number of aromatic nitrogens is 3. The monoisotopic (exact) mass is 400 g/mol. The number of benzene rings is 2. The number of hydrogen-bond acceptors (Lipinski definition) is 3. The summed E-state index contributed by atoms with van der Waals surface area (Å²) in [6.45, 7) is 1.46. The third-order valence-electron chi connectivity index (χ3n) is 6.13. The summed E-state index contributed by atoms with van der Waals surface area (Å²) in [6.07, 6.45) is 4.67. The molecule has 0 aliphatic carbocycles. The quantitative estimate of drug-likeness (QED) is 0.529. The van der Waals surface area contributed by atoms with Crippen LogP contribution in [0.15, 0.2) is 71.8 Å². The van der Waals surface area contributed by atoms with Gasteiger partial charge in [-0.15, -0.1) is 0 Å². The van der Waals surface area contributed by atoms with Gasteiger partial charge in [0.2, 0.25) is 5.91 Å². The lowest BCUT2D eigenvalue weighted by atomic mass is 9.90. The lowest BCUT2D eigenvalue weighted by Crippen LogP contribution is -2.42. The summed E-state index contributed by atoms with van der Waals surface area (Å²) in [5.41, 5.74) is 2.60. The van der Waals surface area contributed by atoms with Gasteiger partial charge in [0.25, 0.3) is 5.56 Å². The van der Waals surface area contributed by atoms with E-state index in [1.165, 1.54) is 10.2 Å². The van der Waals surface area contributed by atoms with Gasteiger partial charge in [-0.1, -0.05) is 48.5 Å². The van der Waals surface area contributed by atoms with Crippen LogP contribution in [0.25, 0.3) is 16.4 Å². The minimum atomic E-state index is -0.235. The number of likely N-dealkylation sites (tertiary alicyclic amines) is 1. The van der Waals surface area contributed by atoms with E-state index < -0.39 is 0 Å². The van der Waals surface area contributed by atoms with Crippen molar-refractivity contribution in [2.24, 2.45) is 5.92 Å². The lowest BCUT2D eigenvalue weighted by molar-refractivity contribution is -0.133. The summed E-state index contributed by atoms with van der Waals surface area (Å²) in [6, 6.07) is 20.2. The smallest absolute Gasteiger partial charge is 0.291 e. The maximum atomic E-state index is 12.9. The fraction of sp³-hybridized carbons (Fsp3) is 0.292. The van der Waals surface area contributed by atoms with Crippen molar-refractivity contribution in [2.45, 2.75) is 25.8 Å². The zero-order chi connectivity index (χ0) is 20.5. The average molecular weight is 400 g/mol. The predicted octanol–water partition coefficient (Wildman–Crippen LogP) is 3.13. The zero-order valence-corrected chi connectivity index (χ0v) is 16.8. The maximum Gasteiger partial charge on any atom is 0.291 e. The molecular formula is C24H24N4O2. The Balaban J connectivity index is 1.27. The topological polar surface area (TPSA) is 59.6 Å². The molecule has 0 radical (unpaired) electrons. The van der Waals surface area contributed by atoms with Crippen LogP contribution in [0.1, 0.15) is 18.4 Å². The van der Waals surface area contributed by atoms with Gasteiger partial charge in [0.05, 0.1) is 5.52 Å². The molecule has 5 rings (SSSR count). The molecule has 30 heavy (non-hydrogen) atoms. The highest BCUT2D eigenvalue weighted by Gasteiger charge is 2.23. The maximum absolute atomic E-state index is 12.9. The van der Waals surface area contributed by atoms with Crippen LogP contribution in [0.5, 0.6) is 0 Å². The predicted molar refractivity (Wildman–Crippen MR) is 116 cm³/mol. The summed E-state index contributed by atoms with van der Waals surface area (Å²) >= 11 is 0. The number of para-hydroxylation sites is 1. The number of rotatable bonds is 4. The van der Waals surface area contributed by atoms with E-state index in [4.69, 9.17) is 0 Å². The Morgan fingerprint density at radius 3 is 2.50 bits per heavy atom. The first-order chi connectivity index (χ1) is 14.7. The zero-order valence-electron chi connectivity index (χ0n) is 16.8. The van der Waals surface area contributed by atoms with Crippen molar-refractivity contribution in [1.29, 1.82) is 0 Å². The largest absolute Gasteiger partial charge is 0.341 e. The molecule has 4 aromatic rings. The Morgan fingerprint density at radius 1 is 0.967 bits per heavy atom. The van der Waals surface area contributed by atoms with Gasteiger partial charge in [-0.3, -0.25) is 14.0 Å². The van der Waals surface area contributed by atoms with Crippen molar-refractivity contribution in [3.05, 3.63) is 82.9 Å². The second kappa shape index (κ2) is 7.78. The molecule has 6 heteroatoms. The van der Waals surface area contributed by atoms with Crippen molar-refractivity contribution >= 4 is 22.3 Å². The van der Waals surface area contributed by atoms with Gasteiger partial charge in [-0.05, 0) is 42.9 Å². The normalized spacial score (nSPS) is 15.1. The summed E-state index contributed by atoms with van der Waals surface area (Å²) in [5.74, 6) is 0.560. The molecule has 0 atom stereocenters. The Bertz CT molecular complexity index is 1250. The minimum absolute atomic E-state index is 0.0137. The Hall–Kier alpha value is -3.41. The highest BCUT2D eigenvalue weighted by Crippen LogP contribution is 2.22. The number of carbonyl (C=O) groups excluding carboxylic acids is 1. The van der Waals surface area contributed by atoms with Crippen LogP contribution >= 0.6 is 0 Å². The minimum Gasteiger partial charge on any atom is -0.341 e. The van der Waals surface area contributed by atoms with Crippen LogP contribution in [0.4, 0.5) is 0 Å². The molecule has 0 bridgehead atoms. The van der Waals surface area contributed by atoms with Crippen LogP contribution in [-0.4, -0.2) is 38.1 Å². The van der Waals surface area contributed by atoms with Gasteiger partial charge < -0.3 is 4.90 Å². The molecule has 2 aromatic heterocycles. The van der Waals surface area contributed by atoms with Crippen LogP contribution in [0.2, 0.25) is 0 Å². The molecule has 1 amide bonds. The third-order valence-corrected chi connectivity index (χ3v) is 6.13. The van der Waals surface area contributed by atoms with Gasteiger partial charge in [0, 0.05) is 18.5 Å². The van der Waals surface area contributed by atoms with E-state index in [2.05, 4.69) is 29.4 Å². The van der Waals surface area contributed by atoms with E-state index in [-0.39, 0.29) is 18.0 Å². The molecular weight excluding hydrogens is 376 g/mol. The standard InChI is InChI=1S/C24H24N4O2/c29-23(26-12-10-19(11-13-26)14-18-6-2-1-3-7-18)16-28-24(30)22-15-20-8-4-5-9-21(20)27(22)17-25-28/h1-9,15,17,19H,10-14,16H2. The number of hydrogen-bond donors (Lipinski definition) is 0. The van der Waals surface area contributed by atoms with Crippen LogP contribution in [-0.2, 0) is 17.8 Å². The highest BCUT2D eigenvalue weighted by atomic mass is 16.2. The fourth-order valence-corrected chi connectivity index (χ4v) is 4.44. The Kier molecular flexibility index (Phi) is 4.83. The Labute approximate surface area is 174 Å². The first kappa shape index (κ1) is 18.6. The number of carbonyl (C=O) groups is 1. The molecule has 1 saturated heterocycles. The van der Waals surface area contributed by atoms with E-state index in [9.17, 15) is 9.59 Å². The number of piperidine rings is 1. The SMILES string of the molecule is O=C(Cn1ncn2c(cc3ccccc32)c1=O)N1CCC(Cc2ccccc2)CC1. The van der Waals surface area contributed by atoms with Gasteiger partial charge in [0.1, 0.15) is 18.4 Å². The molecule has 1 fully saturated rings. The van der Waals surface area contributed by atoms with Gasteiger partial charge in [0.15, 0.2) is 0 Å². The van der Waals surface area contributed by atoms with E-state index in [0.717, 1.165) is 43.3 Å². The summed E-state index contributed by atoms with van der Waals surface area (Å²) in [7, 11) is 0. The van der Waals surface area contributed by atoms with Crippen LogP contribution < -0.4 is 5.56 Å². The van der Waals surface area contributed by atoms with Crippen molar-refractivity contribution in [2.75, 3.05) is 13.1 Å². The van der Waals surface area contributed by atoms with Gasteiger partial charge >= 0.3 is 0 Å². The van der Waals surface area contributed by atoms with Gasteiger partial charge in [-0.2, -0.15) is 5.10 Å². The van der Waals surface area contributed by atoms with E-state index in [0.29, 0.717) is 11.4 Å². The first-order valence-corrected chi connectivity index (χ1v) is 10.5. The van der Waals surface area contributed by atoms with Crippen molar-refractivity contribution < 1.29 is 4.79 Å². The second-order valence-corrected chi connectivity index (χ2v) is 8.07. The Morgan fingerprint density at radius 2 is 1.70 bits per heavy atom. The molecule has 1 aliphatic rings. The van der Waals surface area contributed by atoms with E-state index in [1.807, 2.05) is 41.3 Å². The first-order valence-electron chi connectivity index (χ1n) is 10.5. The molecule has 3 heterocycles. The molecule has 6 nitrogen and oxygen atoms in total. The number of amides is 1. The molecule has 0 unspecified atom stereocenters. The number of nitrogens with zero attached hydrogens (tertiary/aromatic N) is 4. The molecule has 0 spiro atoms. The highest BCUT2D eigenvalue weighted by molar-refractivity contribution is 5.86. The molecule has 0 saturated carbocycles. The average Bonchev–Trinajstić information content (AvgIpc) is 3.16. The molecule has 1 aliphatic heterocycles. The van der Waals surface area contributed by atoms with Crippen molar-refractivity contribution in [1.82, 2.24) is 19.1 Å². The third kappa shape index (κ3) is 3.49. The summed E-state index contributed by atoms with van der Waals surface area (Å²) in [4.78, 5) is 27.6. The lowest BCUT2D eigenvalue weighted by Gasteiger charge is -2.32. The molecule has 2 aromatic carbocycles.